The molecule has 35 heavy (non-hydrogen) atoms. The molecule has 1 saturated carbocycles. The van der Waals surface area contributed by atoms with Crippen LogP contribution >= 0.6 is 0 Å². The molecule has 2 aliphatic heterocycles. The molecule has 6 nitrogen and oxygen atoms in total. The maximum Gasteiger partial charge on any atom is 0.416 e. The van der Waals surface area contributed by atoms with Gasteiger partial charge in [-0.3, -0.25) is 14.5 Å². The van der Waals surface area contributed by atoms with Crippen LogP contribution in [0.25, 0.3) is 0 Å². The molecule has 2 amide bonds. The summed E-state index contributed by atoms with van der Waals surface area (Å²) in [5.74, 6) is -0.0166. The molecule has 0 aromatic heterocycles. The Hall–Kier alpha value is -2.29. The number of hydrogen-bond acceptors (Lipinski definition) is 4. The summed E-state index contributed by atoms with van der Waals surface area (Å²) >= 11 is 0. The molecular formula is C26H37F3N4O2. The fourth-order valence-electron chi connectivity index (χ4n) is 5.54. The molecular weight excluding hydrogens is 457 g/mol. The van der Waals surface area contributed by atoms with Gasteiger partial charge in [0.05, 0.1) is 23.5 Å². The van der Waals surface area contributed by atoms with E-state index in [0.717, 1.165) is 83.0 Å². The van der Waals surface area contributed by atoms with E-state index in [0.29, 0.717) is 18.8 Å². The maximum atomic E-state index is 13.3. The lowest BCUT2D eigenvalue weighted by atomic mass is 9.88. The van der Waals surface area contributed by atoms with Gasteiger partial charge in [-0.1, -0.05) is 19.3 Å². The van der Waals surface area contributed by atoms with Gasteiger partial charge >= 0.3 is 6.18 Å². The van der Waals surface area contributed by atoms with Gasteiger partial charge in [0.1, 0.15) is 0 Å². The molecule has 1 aromatic rings. The number of carbonyl (C=O) groups is 2. The summed E-state index contributed by atoms with van der Waals surface area (Å²) in [7, 11) is 0. The molecule has 0 radical (unpaired) electrons. The van der Waals surface area contributed by atoms with E-state index < -0.39 is 11.7 Å². The van der Waals surface area contributed by atoms with Crippen LogP contribution in [0.3, 0.4) is 0 Å². The Bertz CT molecular complexity index is 872. The third kappa shape index (κ3) is 7.12. The molecule has 2 heterocycles. The number of anilines is 2. The van der Waals surface area contributed by atoms with Crippen LogP contribution in [0, 0.1) is 5.92 Å². The first-order valence-electron chi connectivity index (χ1n) is 13.1. The van der Waals surface area contributed by atoms with Crippen LogP contribution in [0.2, 0.25) is 0 Å². The minimum Gasteiger partial charge on any atom is -0.370 e. The Balaban J connectivity index is 1.31. The second-order valence-electron chi connectivity index (χ2n) is 10.2. The maximum absolute atomic E-state index is 13.3. The quantitative estimate of drug-likeness (QED) is 0.597. The highest BCUT2D eigenvalue weighted by Gasteiger charge is 2.32. The van der Waals surface area contributed by atoms with E-state index in [9.17, 15) is 22.8 Å². The summed E-state index contributed by atoms with van der Waals surface area (Å²) < 4.78 is 40.0. The van der Waals surface area contributed by atoms with Gasteiger partial charge in [0, 0.05) is 38.1 Å². The van der Waals surface area contributed by atoms with Crippen LogP contribution < -0.4 is 15.5 Å². The Morgan fingerprint density at radius 2 is 1.54 bits per heavy atom. The molecule has 0 atom stereocenters. The number of benzene rings is 1. The van der Waals surface area contributed by atoms with Gasteiger partial charge in [-0.05, 0) is 63.1 Å². The highest BCUT2D eigenvalue weighted by atomic mass is 19.4. The van der Waals surface area contributed by atoms with Crippen LogP contribution in [0.1, 0.15) is 69.8 Å². The van der Waals surface area contributed by atoms with Crippen molar-refractivity contribution in [1.29, 1.82) is 0 Å². The van der Waals surface area contributed by atoms with Crippen molar-refractivity contribution in [3.05, 3.63) is 23.8 Å². The molecule has 2 N–H and O–H groups in total. The second kappa shape index (κ2) is 11.6. The number of rotatable bonds is 6. The van der Waals surface area contributed by atoms with Crippen LogP contribution in [-0.2, 0) is 15.8 Å². The lowest BCUT2D eigenvalue weighted by Crippen LogP contribution is -2.48. The van der Waals surface area contributed by atoms with Gasteiger partial charge in [-0.25, -0.2) is 0 Å². The smallest absolute Gasteiger partial charge is 0.370 e. The van der Waals surface area contributed by atoms with Crippen molar-refractivity contribution >= 4 is 23.2 Å². The number of halogens is 3. The molecule has 4 rings (SSSR count). The summed E-state index contributed by atoms with van der Waals surface area (Å²) in [5, 5.41) is 5.95. The zero-order chi connectivity index (χ0) is 24.8. The van der Waals surface area contributed by atoms with E-state index in [1.807, 2.05) is 4.90 Å². The van der Waals surface area contributed by atoms with Crippen molar-refractivity contribution in [2.45, 2.75) is 76.4 Å². The third-order valence-corrected chi connectivity index (χ3v) is 7.57. The van der Waals surface area contributed by atoms with Crippen molar-refractivity contribution in [1.82, 2.24) is 10.2 Å². The first-order valence-corrected chi connectivity index (χ1v) is 13.1. The number of amides is 2. The van der Waals surface area contributed by atoms with Crippen LogP contribution in [0.15, 0.2) is 18.2 Å². The van der Waals surface area contributed by atoms with Crippen molar-refractivity contribution in [3.8, 4) is 0 Å². The average Bonchev–Trinajstić information content (AvgIpc) is 2.85. The largest absolute Gasteiger partial charge is 0.416 e. The summed E-state index contributed by atoms with van der Waals surface area (Å²) in [6, 6.07) is 3.74. The molecule has 1 aromatic carbocycles. The van der Waals surface area contributed by atoms with Crippen LogP contribution in [0.5, 0.6) is 0 Å². The SMILES string of the molecule is O=C(CN1CCC(NC(=O)C2CCCCC2)CC1)Nc1cc(C(F)(F)F)ccc1N1CCCCC1. The topological polar surface area (TPSA) is 64.7 Å². The molecule has 3 aliphatic rings. The summed E-state index contributed by atoms with van der Waals surface area (Å²) in [6.45, 7) is 3.01. The number of nitrogens with one attached hydrogen (secondary N) is 2. The monoisotopic (exact) mass is 494 g/mol. The molecule has 9 heteroatoms. The van der Waals surface area contributed by atoms with Crippen molar-refractivity contribution in [3.63, 3.8) is 0 Å². The molecule has 3 fully saturated rings. The van der Waals surface area contributed by atoms with Crippen molar-refractivity contribution < 1.29 is 22.8 Å². The first kappa shape index (κ1) is 25.8. The second-order valence-corrected chi connectivity index (χ2v) is 10.2. The summed E-state index contributed by atoms with van der Waals surface area (Å²) in [4.78, 5) is 29.4. The normalized spacial score (nSPS) is 21.1. The Labute approximate surface area is 205 Å². The fraction of sp³-hybridized carbons (Fsp3) is 0.692. The van der Waals surface area contributed by atoms with E-state index >= 15 is 0 Å². The van der Waals surface area contributed by atoms with Crippen molar-refractivity contribution in [2.75, 3.05) is 42.9 Å². The Kier molecular flexibility index (Phi) is 8.57. The number of piperidine rings is 2. The van der Waals surface area contributed by atoms with E-state index in [1.165, 1.54) is 12.5 Å². The highest BCUT2D eigenvalue weighted by molar-refractivity contribution is 5.96. The van der Waals surface area contributed by atoms with Gasteiger partial charge in [0.2, 0.25) is 11.8 Å². The number of likely N-dealkylation sites (tertiary alicyclic amines) is 1. The van der Waals surface area contributed by atoms with Gasteiger partial charge in [-0.2, -0.15) is 13.2 Å². The fourth-order valence-corrected chi connectivity index (χ4v) is 5.54. The third-order valence-electron chi connectivity index (χ3n) is 7.57. The van der Waals surface area contributed by atoms with E-state index in [-0.39, 0.29) is 36.0 Å². The standard InChI is InChI=1S/C26H37F3N4O2/c27-26(28,29)20-9-10-23(33-13-5-2-6-14-33)22(17-20)31-24(34)18-32-15-11-21(12-16-32)30-25(35)19-7-3-1-4-8-19/h9-10,17,19,21H,1-8,11-16,18H2,(H,30,35)(H,31,34). The lowest BCUT2D eigenvalue weighted by molar-refractivity contribution is -0.137. The summed E-state index contributed by atoms with van der Waals surface area (Å²) in [5.41, 5.74) is 0.111. The highest BCUT2D eigenvalue weighted by Crippen LogP contribution is 2.36. The number of carbonyl (C=O) groups excluding carboxylic acids is 2. The van der Waals surface area contributed by atoms with Crippen molar-refractivity contribution in [2.24, 2.45) is 5.92 Å². The first-order chi connectivity index (χ1) is 16.8. The Morgan fingerprint density at radius 3 is 2.20 bits per heavy atom. The van der Waals surface area contributed by atoms with Gasteiger partial charge in [-0.15, -0.1) is 0 Å². The van der Waals surface area contributed by atoms with Crippen LogP contribution in [0.4, 0.5) is 24.5 Å². The Morgan fingerprint density at radius 1 is 0.886 bits per heavy atom. The molecule has 194 valence electrons. The molecule has 0 unspecified atom stereocenters. The minimum absolute atomic E-state index is 0.123. The molecule has 2 saturated heterocycles. The van der Waals surface area contributed by atoms with Crippen LogP contribution in [-0.4, -0.2) is 55.5 Å². The van der Waals surface area contributed by atoms with Gasteiger partial charge < -0.3 is 15.5 Å². The molecule has 0 spiro atoms. The molecule has 1 aliphatic carbocycles. The number of alkyl halides is 3. The zero-order valence-electron chi connectivity index (χ0n) is 20.3. The predicted octanol–water partition coefficient (Wildman–Crippen LogP) is 4.80. The lowest BCUT2D eigenvalue weighted by Gasteiger charge is -2.33. The minimum atomic E-state index is -4.47. The molecule has 0 bridgehead atoms. The zero-order valence-corrected chi connectivity index (χ0v) is 20.3. The van der Waals surface area contributed by atoms with E-state index in [4.69, 9.17) is 0 Å². The van der Waals surface area contributed by atoms with Gasteiger partial charge in [0.15, 0.2) is 0 Å². The predicted molar refractivity (Wildman–Crippen MR) is 130 cm³/mol. The van der Waals surface area contributed by atoms with E-state index in [1.54, 1.807) is 0 Å². The average molecular weight is 495 g/mol. The van der Waals surface area contributed by atoms with Gasteiger partial charge in [0.25, 0.3) is 0 Å². The number of nitrogens with zero attached hydrogens (tertiary/aromatic N) is 2. The van der Waals surface area contributed by atoms with E-state index in [2.05, 4.69) is 15.5 Å². The summed E-state index contributed by atoms with van der Waals surface area (Å²) in [6.07, 6.45) is 5.56. The number of hydrogen-bond donors (Lipinski definition) is 2.